The van der Waals surface area contributed by atoms with Crippen molar-refractivity contribution in [2.45, 2.75) is 36.6 Å². The lowest BCUT2D eigenvalue weighted by Crippen LogP contribution is -2.31. The van der Waals surface area contributed by atoms with Crippen LogP contribution in [0.15, 0.2) is 23.1 Å². The SMILES string of the molecule is NS(=O)(=O)c1ccc(NC2CCCC(C(=O)O)C2)c(F)c1. The van der Waals surface area contributed by atoms with Gasteiger partial charge >= 0.3 is 5.97 Å². The molecule has 0 aliphatic heterocycles. The van der Waals surface area contributed by atoms with Gasteiger partial charge in [-0.1, -0.05) is 6.42 Å². The average molecular weight is 316 g/mol. The Hall–Kier alpha value is -1.67. The lowest BCUT2D eigenvalue weighted by molar-refractivity contribution is -0.142. The summed E-state index contributed by atoms with van der Waals surface area (Å²) in [7, 11) is -3.94. The first-order valence-electron chi connectivity index (χ1n) is 6.59. The molecule has 8 heteroatoms. The van der Waals surface area contributed by atoms with Crippen molar-refractivity contribution in [1.29, 1.82) is 0 Å². The highest BCUT2D eigenvalue weighted by molar-refractivity contribution is 7.89. The lowest BCUT2D eigenvalue weighted by atomic mass is 9.85. The number of carboxylic acids is 1. The van der Waals surface area contributed by atoms with Gasteiger partial charge in [-0.3, -0.25) is 4.79 Å². The smallest absolute Gasteiger partial charge is 0.306 e. The van der Waals surface area contributed by atoms with Gasteiger partial charge in [-0.25, -0.2) is 17.9 Å². The number of hydrogen-bond donors (Lipinski definition) is 3. The summed E-state index contributed by atoms with van der Waals surface area (Å²) in [5, 5.41) is 16.9. The minimum atomic E-state index is -3.94. The molecule has 116 valence electrons. The molecule has 2 unspecified atom stereocenters. The average Bonchev–Trinajstić information content (AvgIpc) is 2.40. The quantitative estimate of drug-likeness (QED) is 0.780. The molecule has 1 aromatic carbocycles. The van der Waals surface area contributed by atoms with Crippen LogP contribution in [0.25, 0.3) is 0 Å². The van der Waals surface area contributed by atoms with Crippen molar-refractivity contribution in [2.75, 3.05) is 5.32 Å². The van der Waals surface area contributed by atoms with E-state index in [1.807, 2.05) is 0 Å². The highest BCUT2D eigenvalue weighted by Crippen LogP contribution is 2.28. The first-order valence-corrected chi connectivity index (χ1v) is 8.13. The number of carboxylic acid groups (broad SMARTS) is 1. The Bertz CT molecular complexity index is 648. The Morgan fingerprint density at radius 1 is 1.38 bits per heavy atom. The van der Waals surface area contributed by atoms with Crippen LogP contribution in [-0.4, -0.2) is 25.5 Å². The first kappa shape index (κ1) is 15.7. The minimum Gasteiger partial charge on any atom is -0.481 e. The Morgan fingerprint density at radius 2 is 2.10 bits per heavy atom. The normalized spacial score (nSPS) is 22.8. The van der Waals surface area contributed by atoms with E-state index in [9.17, 15) is 17.6 Å². The highest BCUT2D eigenvalue weighted by Gasteiger charge is 2.27. The Labute approximate surface area is 122 Å². The third kappa shape index (κ3) is 3.92. The van der Waals surface area contributed by atoms with Crippen molar-refractivity contribution >= 4 is 21.7 Å². The number of benzene rings is 1. The number of primary sulfonamides is 1. The van der Waals surface area contributed by atoms with Gasteiger partial charge in [0.1, 0.15) is 5.82 Å². The third-order valence-electron chi connectivity index (χ3n) is 3.65. The zero-order valence-corrected chi connectivity index (χ0v) is 12.1. The van der Waals surface area contributed by atoms with Crippen LogP contribution < -0.4 is 10.5 Å². The van der Waals surface area contributed by atoms with Crippen LogP contribution in [0.3, 0.4) is 0 Å². The highest BCUT2D eigenvalue weighted by atomic mass is 32.2. The molecule has 1 saturated carbocycles. The summed E-state index contributed by atoms with van der Waals surface area (Å²) < 4.78 is 36.2. The van der Waals surface area contributed by atoms with Crippen molar-refractivity contribution in [3.63, 3.8) is 0 Å². The van der Waals surface area contributed by atoms with Gasteiger partial charge in [-0.2, -0.15) is 0 Å². The third-order valence-corrected chi connectivity index (χ3v) is 4.56. The van der Waals surface area contributed by atoms with E-state index in [1.165, 1.54) is 12.1 Å². The molecule has 0 bridgehead atoms. The summed E-state index contributed by atoms with van der Waals surface area (Å²) in [4.78, 5) is 10.7. The second kappa shape index (κ2) is 5.98. The van der Waals surface area contributed by atoms with Gasteiger partial charge in [0.15, 0.2) is 0 Å². The van der Waals surface area contributed by atoms with Crippen molar-refractivity contribution in [2.24, 2.45) is 11.1 Å². The molecule has 0 amide bonds. The van der Waals surface area contributed by atoms with Gasteiger partial charge in [0.2, 0.25) is 10.0 Å². The summed E-state index contributed by atoms with van der Waals surface area (Å²) in [6.45, 7) is 0. The first-order chi connectivity index (χ1) is 9.77. The Balaban J connectivity index is 2.11. The van der Waals surface area contributed by atoms with Gasteiger partial charge in [-0.15, -0.1) is 0 Å². The molecule has 21 heavy (non-hydrogen) atoms. The van der Waals surface area contributed by atoms with E-state index in [-0.39, 0.29) is 16.6 Å². The molecule has 0 spiro atoms. The van der Waals surface area contributed by atoms with Crippen LogP contribution in [0.1, 0.15) is 25.7 Å². The van der Waals surface area contributed by atoms with Gasteiger partial charge < -0.3 is 10.4 Å². The van der Waals surface area contributed by atoms with Crippen LogP contribution in [-0.2, 0) is 14.8 Å². The fourth-order valence-electron chi connectivity index (χ4n) is 2.55. The molecule has 1 aromatic rings. The standard InChI is InChI=1S/C13H17FN2O4S/c14-11-7-10(21(15,19)20)4-5-12(11)16-9-3-1-2-8(6-9)13(17)18/h4-5,7-9,16H,1-3,6H2,(H,17,18)(H2,15,19,20). The number of carbonyl (C=O) groups is 1. The fraction of sp³-hybridized carbons (Fsp3) is 0.462. The summed E-state index contributed by atoms with van der Waals surface area (Å²) in [5.41, 5.74) is 0.151. The molecule has 2 atom stereocenters. The van der Waals surface area contributed by atoms with Crippen molar-refractivity contribution < 1.29 is 22.7 Å². The van der Waals surface area contributed by atoms with E-state index in [0.717, 1.165) is 18.9 Å². The van der Waals surface area contributed by atoms with Crippen LogP contribution in [0, 0.1) is 11.7 Å². The van der Waals surface area contributed by atoms with E-state index >= 15 is 0 Å². The molecule has 0 aromatic heterocycles. The summed E-state index contributed by atoms with van der Waals surface area (Å²) in [6.07, 6.45) is 2.55. The van der Waals surface area contributed by atoms with Crippen LogP contribution in [0.2, 0.25) is 0 Å². The second-order valence-corrected chi connectivity index (χ2v) is 6.79. The Morgan fingerprint density at radius 3 is 2.67 bits per heavy atom. The van der Waals surface area contributed by atoms with Crippen LogP contribution in [0.5, 0.6) is 0 Å². The number of sulfonamides is 1. The maximum atomic E-state index is 13.9. The molecule has 1 aliphatic rings. The number of nitrogens with one attached hydrogen (secondary N) is 1. The topological polar surface area (TPSA) is 109 Å². The second-order valence-electron chi connectivity index (χ2n) is 5.23. The van der Waals surface area contributed by atoms with E-state index in [0.29, 0.717) is 12.8 Å². The van der Waals surface area contributed by atoms with Crippen molar-refractivity contribution in [3.05, 3.63) is 24.0 Å². The predicted molar refractivity (Wildman–Crippen MR) is 74.8 cm³/mol. The summed E-state index contributed by atoms with van der Waals surface area (Å²) in [6, 6.07) is 3.24. The number of halogens is 1. The van der Waals surface area contributed by atoms with Crippen molar-refractivity contribution in [1.82, 2.24) is 0 Å². The summed E-state index contributed by atoms with van der Waals surface area (Å²) >= 11 is 0. The van der Waals surface area contributed by atoms with E-state index in [2.05, 4.69) is 5.32 Å². The molecular formula is C13H17FN2O4S. The molecule has 4 N–H and O–H groups in total. The summed E-state index contributed by atoms with van der Waals surface area (Å²) in [5.74, 6) is -1.99. The zero-order valence-electron chi connectivity index (χ0n) is 11.3. The number of hydrogen-bond acceptors (Lipinski definition) is 4. The maximum absolute atomic E-state index is 13.9. The van der Waals surface area contributed by atoms with E-state index < -0.39 is 27.7 Å². The predicted octanol–water partition coefficient (Wildman–Crippen LogP) is 1.53. The minimum absolute atomic E-state index is 0.144. The van der Waals surface area contributed by atoms with E-state index in [1.54, 1.807) is 0 Å². The number of rotatable bonds is 4. The molecule has 1 aliphatic carbocycles. The molecule has 2 rings (SSSR count). The molecule has 0 heterocycles. The molecule has 1 fully saturated rings. The molecule has 0 radical (unpaired) electrons. The number of nitrogens with two attached hydrogens (primary N) is 1. The lowest BCUT2D eigenvalue weighted by Gasteiger charge is -2.28. The van der Waals surface area contributed by atoms with Crippen LogP contribution >= 0.6 is 0 Å². The fourth-order valence-corrected chi connectivity index (χ4v) is 3.08. The van der Waals surface area contributed by atoms with Gasteiger partial charge in [-0.05, 0) is 37.5 Å². The zero-order chi connectivity index (χ0) is 15.6. The Kier molecular flexibility index (Phi) is 4.48. The van der Waals surface area contributed by atoms with Gasteiger partial charge in [0.25, 0.3) is 0 Å². The largest absolute Gasteiger partial charge is 0.481 e. The number of aliphatic carboxylic acids is 1. The monoisotopic (exact) mass is 316 g/mol. The number of anilines is 1. The maximum Gasteiger partial charge on any atom is 0.306 e. The molecule has 0 saturated heterocycles. The molecular weight excluding hydrogens is 299 g/mol. The van der Waals surface area contributed by atoms with Crippen molar-refractivity contribution in [3.8, 4) is 0 Å². The van der Waals surface area contributed by atoms with E-state index in [4.69, 9.17) is 10.2 Å². The van der Waals surface area contributed by atoms with Crippen LogP contribution in [0.4, 0.5) is 10.1 Å². The van der Waals surface area contributed by atoms with Gasteiger partial charge in [0.05, 0.1) is 16.5 Å². The van der Waals surface area contributed by atoms with Gasteiger partial charge in [0, 0.05) is 6.04 Å². The molecule has 6 nitrogen and oxygen atoms in total.